The molecule has 3 rings (SSSR count). The molecule has 1 saturated heterocycles. The van der Waals surface area contributed by atoms with Gasteiger partial charge in [-0.05, 0) is 30.7 Å². The maximum atomic E-state index is 4.69. The third-order valence-corrected chi connectivity index (χ3v) is 4.13. The zero-order chi connectivity index (χ0) is 10.3. The summed E-state index contributed by atoms with van der Waals surface area (Å²) in [5, 5.41) is 0. The number of pyridine rings is 1. The van der Waals surface area contributed by atoms with Gasteiger partial charge in [0.25, 0.3) is 0 Å². The fourth-order valence-electron chi connectivity index (χ4n) is 2.09. The predicted octanol–water partition coefficient (Wildman–Crippen LogP) is 2.86. The van der Waals surface area contributed by atoms with Crippen molar-refractivity contribution in [1.29, 1.82) is 0 Å². The fourth-order valence-corrected chi connectivity index (χ4v) is 3.33. The molecule has 3 heteroatoms. The lowest BCUT2D eigenvalue weighted by Crippen LogP contribution is -1.95. The molecule has 1 atom stereocenters. The van der Waals surface area contributed by atoms with Gasteiger partial charge in [-0.1, -0.05) is 6.07 Å². The van der Waals surface area contributed by atoms with Crippen LogP contribution in [-0.4, -0.2) is 20.9 Å². The highest BCUT2D eigenvalue weighted by Gasteiger charge is 2.19. The van der Waals surface area contributed by atoms with Gasteiger partial charge in [-0.2, -0.15) is 11.8 Å². The van der Waals surface area contributed by atoms with Crippen molar-refractivity contribution in [1.82, 2.24) is 9.38 Å². The summed E-state index contributed by atoms with van der Waals surface area (Å²) in [7, 11) is 0. The molecule has 1 aliphatic rings. The highest BCUT2D eigenvalue weighted by molar-refractivity contribution is 7.99. The van der Waals surface area contributed by atoms with Crippen LogP contribution in [0.25, 0.3) is 5.65 Å². The van der Waals surface area contributed by atoms with E-state index in [-0.39, 0.29) is 0 Å². The summed E-state index contributed by atoms with van der Waals surface area (Å²) in [6.45, 7) is 2.12. The van der Waals surface area contributed by atoms with Crippen molar-refractivity contribution < 1.29 is 0 Å². The van der Waals surface area contributed by atoms with Crippen LogP contribution in [0.1, 0.15) is 23.6 Å². The van der Waals surface area contributed by atoms with E-state index in [0.717, 1.165) is 5.65 Å². The Bertz CT molecular complexity index is 483. The molecule has 0 radical (unpaired) electrons. The Morgan fingerprint density at radius 2 is 2.33 bits per heavy atom. The SMILES string of the molecule is Cc1ccc2nc(C3CCSC3)cn2c1. The minimum atomic E-state index is 0.676. The summed E-state index contributed by atoms with van der Waals surface area (Å²) >= 11 is 2.04. The number of nitrogens with zero attached hydrogens (tertiary/aromatic N) is 2. The van der Waals surface area contributed by atoms with Crippen LogP contribution in [0.5, 0.6) is 0 Å². The van der Waals surface area contributed by atoms with Crippen molar-refractivity contribution in [3.63, 3.8) is 0 Å². The Balaban J connectivity index is 2.05. The minimum Gasteiger partial charge on any atom is -0.307 e. The molecule has 1 fully saturated rings. The maximum absolute atomic E-state index is 4.69. The molecule has 0 aromatic carbocycles. The van der Waals surface area contributed by atoms with Crippen LogP contribution >= 0.6 is 11.8 Å². The van der Waals surface area contributed by atoms with Crippen LogP contribution in [0.2, 0.25) is 0 Å². The Morgan fingerprint density at radius 3 is 3.13 bits per heavy atom. The van der Waals surface area contributed by atoms with Gasteiger partial charge < -0.3 is 4.40 Å². The normalized spacial score (nSPS) is 21.3. The minimum absolute atomic E-state index is 0.676. The van der Waals surface area contributed by atoms with Gasteiger partial charge in [0.15, 0.2) is 0 Å². The molecule has 0 bridgehead atoms. The van der Waals surface area contributed by atoms with Crippen LogP contribution in [0, 0.1) is 6.92 Å². The molecule has 2 nitrogen and oxygen atoms in total. The van der Waals surface area contributed by atoms with E-state index in [1.54, 1.807) is 0 Å². The Morgan fingerprint density at radius 1 is 1.40 bits per heavy atom. The molecular weight excluding hydrogens is 204 g/mol. The van der Waals surface area contributed by atoms with E-state index in [4.69, 9.17) is 0 Å². The maximum Gasteiger partial charge on any atom is 0.136 e. The van der Waals surface area contributed by atoms with Gasteiger partial charge in [0.05, 0.1) is 5.69 Å². The number of hydrogen-bond donors (Lipinski definition) is 0. The molecule has 0 aliphatic carbocycles. The van der Waals surface area contributed by atoms with Crippen LogP contribution in [0.3, 0.4) is 0 Å². The molecule has 78 valence electrons. The molecule has 0 saturated carbocycles. The zero-order valence-electron chi connectivity index (χ0n) is 8.81. The molecule has 0 amide bonds. The average Bonchev–Trinajstić information content (AvgIpc) is 2.84. The molecule has 0 N–H and O–H groups in total. The third-order valence-electron chi connectivity index (χ3n) is 2.97. The number of fused-ring (bicyclic) bond motifs is 1. The number of hydrogen-bond acceptors (Lipinski definition) is 2. The summed E-state index contributed by atoms with van der Waals surface area (Å²) in [5.41, 5.74) is 3.63. The molecule has 2 aromatic heterocycles. The Labute approximate surface area is 93.7 Å². The summed E-state index contributed by atoms with van der Waals surface area (Å²) < 4.78 is 2.15. The molecule has 1 aliphatic heterocycles. The first kappa shape index (κ1) is 9.28. The summed E-state index contributed by atoms with van der Waals surface area (Å²) in [6.07, 6.45) is 5.63. The lowest BCUT2D eigenvalue weighted by atomic mass is 10.1. The second kappa shape index (κ2) is 3.56. The van der Waals surface area contributed by atoms with Crippen molar-refractivity contribution in [3.8, 4) is 0 Å². The van der Waals surface area contributed by atoms with E-state index in [2.05, 4.69) is 40.8 Å². The van der Waals surface area contributed by atoms with Gasteiger partial charge in [-0.25, -0.2) is 4.98 Å². The van der Waals surface area contributed by atoms with Gasteiger partial charge in [-0.15, -0.1) is 0 Å². The van der Waals surface area contributed by atoms with E-state index >= 15 is 0 Å². The summed E-state index contributed by atoms with van der Waals surface area (Å²) in [4.78, 5) is 4.69. The van der Waals surface area contributed by atoms with Crippen molar-refractivity contribution in [2.75, 3.05) is 11.5 Å². The summed E-state index contributed by atoms with van der Waals surface area (Å²) in [5.74, 6) is 3.20. The first-order valence-corrected chi connectivity index (χ1v) is 6.51. The Kier molecular flexibility index (Phi) is 2.20. The lowest BCUT2D eigenvalue weighted by Gasteiger charge is -2.01. The lowest BCUT2D eigenvalue weighted by molar-refractivity contribution is 0.759. The second-order valence-corrected chi connectivity index (χ2v) is 5.35. The zero-order valence-corrected chi connectivity index (χ0v) is 9.63. The monoisotopic (exact) mass is 218 g/mol. The largest absolute Gasteiger partial charge is 0.307 e. The van der Waals surface area contributed by atoms with Crippen molar-refractivity contribution >= 4 is 17.4 Å². The van der Waals surface area contributed by atoms with Gasteiger partial charge in [0.2, 0.25) is 0 Å². The quantitative estimate of drug-likeness (QED) is 0.732. The van der Waals surface area contributed by atoms with Crippen molar-refractivity contribution in [3.05, 3.63) is 35.8 Å². The number of imidazole rings is 1. The molecule has 3 heterocycles. The van der Waals surface area contributed by atoms with Crippen molar-refractivity contribution in [2.45, 2.75) is 19.3 Å². The van der Waals surface area contributed by atoms with Crippen LogP contribution < -0.4 is 0 Å². The van der Waals surface area contributed by atoms with E-state index in [1.807, 2.05) is 11.8 Å². The van der Waals surface area contributed by atoms with E-state index in [1.165, 1.54) is 29.2 Å². The number of aromatic nitrogens is 2. The summed E-state index contributed by atoms with van der Waals surface area (Å²) in [6, 6.07) is 4.22. The second-order valence-electron chi connectivity index (χ2n) is 4.20. The highest BCUT2D eigenvalue weighted by Crippen LogP contribution is 2.31. The first-order valence-electron chi connectivity index (χ1n) is 5.36. The molecule has 2 aromatic rings. The smallest absolute Gasteiger partial charge is 0.136 e. The van der Waals surface area contributed by atoms with Crippen LogP contribution in [-0.2, 0) is 0 Å². The van der Waals surface area contributed by atoms with E-state index in [9.17, 15) is 0 Å². The third kappa shape index (κ3) is 1.65. The van der Waals surface area contributed by atoms with Crippen LogP contribution in [0.4, 0.5) is 0 Å². The topological polar surface area (TPSA) is 17.3 Å². The number of rotatable bonds is 1. The Hall–Kier alpha value is -0.960. The van der Waals surface area contributed by atoms with Crippen molar-refractivity contribution in [2.24, 2.45) is 0 Å². The number of thioether (sulfide) groups is 1. The molecule has 1 unspecified atom stereocenters. The highest BCUT2D eigenvalue weighted by atomic mass is 32.2. The van der Waals surface area contributed by atoms with E-state index < -0.39 is 0 Å². The standard InChI is InChI=1S/C12H14N2S/c1-9-2-3-12-13-11(7-14(12)6-9)10-4-5-15-8-10/h2-3,6-7,10H,4-5,8H2,1H3. The van der Waals surface area contributed by atoms with Gasteiger partial charge in [0, 0.05) is 24.1 Å². The molecular formula is C12H14N2S. The molecule has 15 heavy (non-hydrogen) atoms. The van der Waals surface area contributed by atoms with E-state index in [0.29, 0.717) is 5.92 Å². The first-order chi connectivity index (χ1) is 7.33. The fraction of sp³-hybridized carbons (Fsp3) is 0.417. The predicted molar refractivity (Wildman–Crippen MR) is 64.6 cm³/mol. The molecule has 0 spiro atoms. The van der Waals surface area contributed by atoms with Gasteiger partial charge >= 0.3 is 0 Å². The number of aryl methyl sites for hydroxylation is 1. The van der Waals surface area contributed by atoms with Gasteiger partial charge in [0.1, 0.15) is 5.65 Å². The van der Waals surface area contributed by atoms with Crippen LogP contribution in [0.15, 0.2) is 24.5 Å². The average molecular weight is 218 g/mol. The van der Waals surface area contributed by atoms with Gasteiger partial charge in [-0.3, -0.25) is 0 Å².